The molecule has 2 fully saturated rings. The quantitative estimate of drug-likeness (QED) is 0.738. The van der Waals surface area contributed by atoms with Crippen LogP contribution in [0.2, 0.25) is 0 Å². The average Bonchev–Trinajstić information content (AvgIpc) is 2.84. The van der Waals surface area contributed by atoms with Crippen LogP contribution in [0.1, 0.15) is 34.8 Å². The van der Waals surface area contributed by atoms with E-state index in [1.807, 2.05) is 0 Å². The highest BCUT2D eigenvalue weighted by Crippen LogP contribution is 2.21. The molecule has 130 valence electrons. The number of carboxylic acids is 1. The monoisotopic (exact) mass is 352 g/mol. The highest BCUT2D eigenvalue weighted by atomic mass is 32.1. The van der Waals surface area contributed by atoms with E-state index in [-0.39, 0.29) is 29.6 Å². The second-order valence-corrected chi connectivity index (χ2v) is 7.09. The molecule has 2 atom stereocenters. The van der Waals surface area contributed by atoms with Gasteiger partial charge in [-0.1, -0.05) is 6.42 Å². The second-order valence-electron chi connectivity index (χ2n) is 6.15. The Bertz CT molecular complexity index is 647. The summed E-state index contributed by atoms with van der Waals surface area (Å²) in [7, 11) is 0. The summed E-state index contributed by atoms with van der Waals surface area (Å²) < 4.78 is 0. The van der Waals surface area contributed by atoms with Crippen molar-refractivity contribution in [2.75, 3.05) is 19.6 Å². The van der Waals surface area contributed by atoms with Crippen molar-refractivity contribution < 1.29 is 19.5 Å². The maximum atomic E-state index is 12.4. The Morgan fingerprint density at radius 2 is 2.25 bits per heavy atom. The Balaban J connectivity index is 1.51. The van der Waals surface area contributed by atoms with E-state index in [1.165, 1.54) is 16.7 Å². The molecule has 24 heavy (non-hydrogen) atoms. The molecule has 3 heterocycles. The van der Waals surface area contributed by atoms with Gasteiger partial charge >= 0.3 is 12.0 Å². The van der Waals surface area contributed by atoms with Crippen molar-refractivity contribution in [3.63, 3.8) is 0 Å². The number of nitrogens with zero attached hydrogens (tertiary/aromatic N) is 2. The molecule has 2 aliphatic heterocycles. The zero-order chi connectivity index (χ0) is 17.1. The predicted octanol–water partition coefficient (Wildman–Crippen LogP) is 0.694. The van der Waals surface area contributed by atoms with Crippen molar-refractivity contribution in [3.05, 3.63) is 16.1 Å². The number of fused-ring (bicyclic) bond motifs is 3. The van der Waals surface area contributed by atoms with Crippen LogP contribution in [0.5, 0.6) is 0 Å². The fourth-order valence-electron chi connectivity index (χ4n) is 3.13. The summed E-state index contributed by atoms with van der Waals surface area (Å²) in [4.78, 5) is 40.8. The zero-order valence-corrected chi connectivity index (χ0v) is 14.0. The first-order chi connectivity index (χ1) is 11.5. The van der Waals surface area contributed by atoms with Gasteiger partial charge in [-0.15, -0.1) is 11.3 Å². The number of urea groups is 1. The number of carboxylic acid groups (broad SMARTS) is 1. The first kappa shape index (κ1) is 16.7. The van der Waals surface area contributed by atoms with Crippen molar-refractivity contribution in [1.82, 2.24) is 20.5 Å². The Labute approximate surface area is 143 Å². The SMILES string of the molecule is O=C(O)c1csc(CCNC(=O)N2C[C@@H]3CCC[C@H](C2)C(=O)N3)n1. The minimum atomic E-state index is -1.05. The van der Waals surface area contributed by atoms with E-state index in [4.69, 9.17) is 5.11 Å². The van der Waals surface area contributed by atoms with E-state index in [0.29, 0.717) is 31.1 Å². The van der Waals surface area contributed by atoms with E-state index >= 15 is 0 Å². The molecule has 9 heteroatoms. The standard InChI is InChI=1S/C15H20N4O4S/c20-13-9-2-1-3-10(17-13)7-19(6-9)15(23)16-5-4-12-18-11(8-24-12)14(21)22/h8-10H,1-7H2,(H,16,23)(H,17,20)(H,21,22)/t9-,10+/m1/s1. The first-order valence-corrected chi connectivity index (χ1v) is 8.91. The number of hydrogen-bond acceptors (Lipinski definition) is 5. The molecular weight excluding hydrogens is 332 g/mol. The molecule has 2 aliphatic rings. The van der Waals surface area contributed by atoms with Crippen LogP contribution >= 0.6 is 11.3 Å². The molecular formula is C15H20N4O4S. The van der Waals surface area contributed by atoms with Gasteiger partial charge in [0.25, 0.3) is 0 Å². The zero-order valence-electron chi connectivity index (χ0n) is 13.2. The second kappa shape index (κ2) is 7.16. The third-order valence-corrected chi connectivity index (χ3v) is 5.29. The number of aromatic nitrogens is 1. The number of aromatic carboxylic acids is 1. The Kier molecular flexibility index (Phi) is 4.98. The van der Waals surface area contributed by atoms with Gasteiger partial charge < -0.3 is 20.6 Å². The lowest BCUT2D eigenvalue weighted by atomic mass is 9.99. The Hall–Kier alpha value is -2.16. The number of rotatable bonds is 4. The summed E-state index contributed by atoms with van der Waals surface area (Å²) in [6.07, 6.45) is 3.23. The van der Waals surface area contributed by atoms with Gasteiger partial charge in [-0.05, 0) is 12.8 Å². The third kappa shape index (κ3) is 3.84. The molecule has 3 amide bonds. The molecule has 3 rings (SSSR count). The summed E-state index contributed by atoms with van der Waals surface area (Å²) >= 11 is 1.27. The molecule has 2 saturated heterocycles. The molecule has 2 bridgehead atoms. The fraction of sp³-hybridized carbons (Fsp3) is 0.600. The van der Waals surface area contributed by atoms with Crippen molar-refractivity contribution in [2.45, 2.75) is 31.7 Å². The van der Waals surface area contributed by atoms with Crippen molar-refractivity contribution in [2.24, 2.45) is 5.92 Å². The average molecular weight is 352 g/mol. The van der Waals surface area contributed by atoms with Crippen LogP contribution in [0.15, 0.2) is 5.38 Å². The summed E-state index contributed by atoms with van der Waals surface area (Å²) in [6, 6.07) is -0.147. The molecule has 1 aromatic rings. The highest BCUT2D eigenvalue weighted by Gasteiger charge is 2.34. The van der Waals surface area contributed by atoms with Gasteiger partial charge in [0, 0.05) is 37.5 Å². The number of carbonyl (C=O) groups is 3. The summed E-state index contributed by atoms with van der Waals surface area (Å²) in [5.74, 6) is -1.12. The lowest BCUT2D eigenvalue weighted by Gasteiger charge is -2.27. The number of carbonyl (C=O) groups excluding carboxylic acids is 2. The smallest absolute Gasteiger partial charge is 0.355 e. The van der Waals surface area contributed by atoms with Crippen molar-refractivity contribution in [3.8, 4) is 0 Å². The van der Waals surface area contributed by atoms with Gasteiger partial charge in [0.15, 0.2) is 5.69 Å². The van der Waals surface area contributed by atoms with Crippen LogP contribution in [0.3, 0.4) is 0 Å². The predicted molar refractivity (Wildman–Crippen MR) is 87.0 cm³/mol. The minimum Gasteiger partial charge on any atom is -0.476 e. The van der Waals surface area contributed by atoms with E-state index in [0.717, 1.165) is 19.3 Å². The van der Waals surface area contributed by atoms with Gasteiger partial charge in [0.2, 0.25) is 5.91 Å². The van der Waals surface area contributed by atoms with Crippen molar-refractivity contribution >= 4 is 29.2 Å². The molecule has 0 unspecified atom stereocenters. The molecule has 3 N–H and O–H groups in total. The van der Waals surface area contributed by atoms with Gasteiger partial charge in [-0.3, -0.25) is 4.79 Å². The Morgan fingerprint density at radius 1 is 1.42 bits per heavy atom. The normalized spacial score (nSPS) is 23.3. The third-order valence-electron chi connectivity index (χ3n) is 4.38. The van der Waals surface area contributed by atoms with E-state index < -0.39 is 5.97 Å². The number of thiazole rings is 1. The van der Waals surface area contributed by atoms with E-state index in [2.05, 4.69) is 15.6 Å². The topological polar surface area (TPSA) is 112 Å². The van der Waals surface area contributed by atoms with Gasteiger partial charge in [0.05, 0.1) is 10.9 Å². The first-order valence-electron chi connectivity index (χ1n) is 8.04. The van der Waals surface area contributed by atoms with E-state index in [9.17, 15) is 14.4 Å². The Morgan fingerprint density at radius 3 is 3.00 bits per heavy atom. The van der Waals surface area contributed by atoms with Crippen LogP contribution in [0, 0.1) is 5.92 Å². The van der Waals surface area contributed by atoms with Gasteiger partial charge in [-0.2, -0.15) is 0 Å². The number of nitrogens with one attached hydrogen (secondary N) is 2. The largest absolute Gasteiger partial charge is 0.476 e. The lowest BCUT2D eigenvalue weighted by molar-refractivity contribution is -0.124. The molecule has 8 nitrogen and oxygen atoms in total. The van der Waals surface area contributed by atoms with Crippen LogP contribution in [-0.4, -0.2) is 58.6 Å². The molecule has 0 aromatic carbocycles. The summed E-state index contributed by atoms with van der Waals surface area (Å²) in [6.45, 7) is 1.38. The summed E-state index contributed by atoms with van der Waals surface area (Å²) in [5, 5.41) is 16.8. The van der Waals surface area contributed by atoms with Crippen LogP contribution in [0.4, 0.5) is 4.79 Å². The van der Waals surface area contributed by atoms with E-state index in [1.54, 1.807) is 4.90 Å². The van der Waals surface area contributed by atoms with Crippen LogP contribution in [-0.2, 0) is 11.2 Å². The maximum Gasteiger partial charge on any atom is 0.355 e. The number of hydrogen-bond donors (Lipinski definition) is 3. The fourth-order valence-corrected chi connectivity index (χ4v) is 3.90. The lowest BCUT2D eigenvalue weighted by Crippen LogP contribution is -2.46. The molecule has 0 spiro atoms. The van der Waals surface area contributed by atoms with Gasteiger partial charge in [-0.25, -0.2) is 14.6 Å². The molecule has 1 aromatic heterocycles. The number of likely N-dealkylation sites (tertiary alicyclic amines) is 1. The molecule has 0 aliphatic carbocycles. The van der Waals surface area contributed by atoms with Crippen LogP contribution in [0.25, 0.3) is 0 Å². The molecule has 0 radical (unpaired) electrons. The highest BCUT2D eigenvalue weighted by molar-refractivity contribution is 7.09. The van der Waals surface area contributed by atoms with Crippen molar-refractivity contribution in [1.29, 1.82) is 0 Å². The van der Waals surface area contributed by atoms with Crippen LogP contribution < -0.4 is 10.6 Å². The molecule has 0 saturated carbocycles. The number of amides is 3. The van der Waals surface area contributed by atoms with Gasteiger partial charge in [0.1, 0.15) is 0 Å². The maximum absolute atomic E-state index is 12.4. The summed E-state index contributed by atoms with van der Waals surface area (Å²) in [5.41, 5.74) is 0.0336. The minimum absolute atomic E-state index is 0.0336.